The van der Waals surface area contributed by atoms with E-state index in [0.717, 1.165) is 6.42 Å². The molecule has 5 nitrogen and oxygen atoms in total. The molecule has 0 saturated carbocycles. The lowest BCUT2D eigenvalue weighted by atomic mass is 10.1. The van der Waals surface area contributed by atoms with Crippen LogP contribution in [0.4, 0.5) is 5.69 Å². The number of carbonyl (C=O) groups is 1. The molecule has 0 aliphatic carbocycles. The van der Waals surface area contributed by atoms with Crippen LogP contribution in [0.5, 0.6) is 5.75 Å². The summed E-state index contributed by atoms with van der Waals surface area (Å²) in [7, 11) is 1.51. The van der Waals surface area contributed by atoms with E-state index in [1.54, 1.807) is 18.2 Å². The molecular weight excluding hydrogens is 232 g/mol. The summed E-state index contributed by atoms with van der Waals surface area (Å²) in [6.07, 6.45) is 1.42. The second-order valence-corrected chi connectivity index (χ2v) is 4.20. The lowest BCUT2D eigenvalue weighted by Gasteiger charge is -2.14. The lowest BCUT2D eigenvalue weighted by Crippen LogP contribution is -2.32. The van der Waals surface area contributed by atoms with Crippen LogP contribution in [0.15, 0.2) is 18.2 Å². The average Bonchev–Trinajstić information content (AvgIpc) is 2.36. The van der Waals surface area contributed by atoms with Crippen molar-refractivity contribution in [2.45, 2.75) is 25.8 Å². The quantitative estimate of drug-likeness (QED) is 0.663. The van der Waals surface area contributed by atoms with Gasteiger partial charge in [-0.3, -0.25) is 4.79 Å². The minimum atomic E-state index is -0.168. The molecule has 0 spiro atoms. The molecule has 1 unspecified atom stereocenters. The Kier molecular flexibility index (Phi) is 5.45. The fourth-order valence-electron chi connectivity index (χ4n) is 1.63. The van der Waals surface area contributed by atoms with Gasteiger partial charge >= 0.3 is 0 Å². The largest absolute Gasteiger partial charge is 0.495 e. The highest BCUT2D eigenvalue weighted by molar-refractivity contribution is 5.95. The molecule has 1 aromatic carbocycles. The zero-order chi connectivity index (χ0) is 13.5. The number of rotatable bonds is 6. The molecule has 0 bridgehead atoms. The van der Waals surface area contributed by atoms with Crippen molar-refractivity contribution in [2.75, 3.05) is 19.5 Å². The Morgan fingerprint density at radius 1 is 1.56 bits per heavy atom. The predicted octanol–water partition coefficient (Wildman–Crippen LogP) is 1.17. The number of nitrogen functional groups attached to an aromatic ring is 1. The topological polar surface area (TPSA) is 84.6 Å². The molecule has 1 amide bonds. The highest BCUT2D eigenvalue weighted by Crippen LogP contribution is 2.22. The van der Waals surface area contributed by atoms with Gasteiger partial charge in [0, 0.05) is 18.2 Å². The first kappa shape index (κ1) is 14.3. The van der Waals surface area contributed by atoms with Crippen molar-refractivity contribution < 1.29 is 14.6 Å². The third-order valence-corrected chi connectivity index (χ3v) is 2.67. The summed E-state index contributed by atoms with van der Waals surface area (Å²) in [6.45, 7) is 2.04. The first-order valence-corrected chi connectivity index (χ1v) is 5.93. The predicted molar refractivity (Wildman–Crippen MR) is 70.7 cm³/mol. The van der Waals surface area contributed by atoms with E-state index in [-0.39, 0.29) is 18.6 Å². The zero-order valence-corrected chi connectivity index (χ0v) is 10.8. The number of hydrogen-bond acceptors (Lipinski definition) is 4. The summed E-state index contributed by atoms with van der Waals surface area (Å²) >= 11 is 0. The Bertz CT molecular complexity index is 407. The van der Waals surface area contributed by atoms with Crippen LogP contribution in [0.25, 0.3) is 0 Å². The molecule has 1 rings (SSSR count). The minimum Gasteiger partial charge on any atom is -0.495 e. The molecule has 1 aromatic rings. The van der Waals surface area contributed by atoms with E-state index in [9.17, 15) is 4.79 Å². The number of hydrogen-bond donors (Lipinski definition) is 3. The van der Waals surface area contributed by atoms with Gasteiger partial charge in [0.2, 0.25) is 0 Å². The molecule has 0 aliphatic rings. The highest BCUT2D eigenvalue weighted by Gasteiger charge is 2.11. The Hall–Kier alpha value is -1.75. The summed E-state index contributed by atoms with van der Waals surface area (Å²) in [5.74, 6) is 0.324. The fourth-order valence-corrected chi connectivity index (χ4v) is 1.63. The summed E-state index contributed by atoms with van der Waals surface area (Å²) in [6, 6.07) is 4.94. The molecule has 100 valence electrons. The van der Waals surface area contributed by atoms with Crippen molar-refractivity contribution in [2.24, 2.45) is 0 Å². The van der Waals surface area contributed by atoms with Crippen LogP contribution in [-0.4, -0.2) is 30.8 Å². The second kappa shape index (κ2) is 6.86. The van der Waals surface area contributed by atoms with Crippen LogP contribution in [0.1, 0.15) is 30.1 Å². The van der Waals surface area contributed by atoms with Gasteiger partial charge in [-0.05, 0) is 38.0 Å². The van der Waals surface area contributed by atoms with Gasteiger partial charge < -0.3 is 20.9 Å². The molecule has 0 fully saturated rings. The molecule has 0 saturated heterocycles. The Balaban J connectivity index is 2.66. The maximum Gasteiger partial charge on any atom is 0.251 e. The standard InChI is InChI=1S/C13H20N2O3/c1-9(4-3-7-16)15-13(17)10-5-6-11(14)12(8-10)18-2/h5-6,8-9,16H,3-4,7,14H2,1-2H3,(H,15,17). The van der Waals surface area contributed by atoms with Crippen LogP contribution in [0.2, 0.25) is 0 Å². The first-order valence-electron chi connectivity index (χ1n) is 5.93. The maximum absolute atomic E-state index is 11.9. The number of nitrogens with one attached hydrogen (secondary N) is 1. The number of aliphatic hydroxyl groups excluding tert-OH is 1. The van der Waals surface area contributed by atoms with Crippen LogP contribution >= 0.6 is 0 Å². The monoisotopic (exact) mass is 252 g/mol. The zero-order valence-electron chi connectivity index (χ0n) is 10.8. The van der Waals surface area contributed by atoms with E-state index in [0.29, 0.717) is 23.4 Å². The van der Waals surface area contributed by atoms with Gasteiger partial charge in [0.15, 0.2) is 0 Å². The van der Waals surface area contributed by atoms with Crippen molar-refractivity contribution in [3.63, 3.8) is 0 Å². The fraction of sp³-hybridized carbons (Fsp3) is 0.462. The number of anilines is 1. The van der Waals surface area contributed by atoms with E-state index < -0.39 is 0 Å². The molecule has 0 aromatic heterocycles. The van der Waals surface area contributed by atoms with Gasteiger partial charge in [-0.15, -0.1) is 0 Å². The lowest BCUT2D eigenvalue weighted by molar-refractivity contribution is 0.0936. The van der Waals surface area contributed by atoms with Crippen LogP contribution in [0, 0.1) is 0 Å². The van der Waals surface area contributed by atoms with Crippen molar-refractivity contribution in [3.05, 3.63) is 23.8 Å². The number of nitrogens with two attached hydrogens (primary N) is 1. The Morgan fingerprint density at radius 3 is 2.89 bits per heavy atom. The van der Waals surface area contributed by atoms with Gasteiger partial charge in [0.25, 0.3) is 5.91 Å². The smallest absolute Gasteiger partial charge is 0.251 e. The number of carbonyl (C=O) groups excluding carboxylic acids is 1. The van der Waals surface area contributed by atoms with Crippen LogP contribution < -0.4 is 15.8 Å². The van der Waals surface area contributed by atoms with E-state index in [2.05, 4.69) is 5.32 Å². The van der Waals surface area contributed by atoms with Crippen LogP contribution in [-0.2, 0) is 0 Å². The van der Waals surface area contributed by atoms with Crippen molar-refractivity contribution in [1.29, 1.82) is 0 Å². The summed E-state index contributed by atoms with van der Waals surface area (Å²) in [5.41, 5.74) is 6.70. The molecule has 18 heavy (non-hydrogen) atoms. The number of ether oxygens (including phenoxy) is 1. The molecule has 5 heteroatoms. The molecule has 0 radical (unpaired) electrons. The van der Waals surface area contributed by atoms with E-state index in [1.807, 2.05) is 6.92 Å². The van der Waals surface area contributed by atoms with E-state index in [1.165, 1.54) is 7.11 Å². The Labute approximate surface area is 107 Å². The minimum absolute atomic E-state index is 0.0215. The summed E-state index contributed by atoms with van der Waals surface area (Å²) in [4.78, 5) is 11.9. The summed E-state index contributed by atoms with van der Waals surface area (Å²) < 4.78 is 5.07. The number of benzene rings is 1. The summed E-state index contributed by atoms with van der Waals surface area (Å²) in [5, 5.41) is 11.6. The number of aliphatic hydroxyl groups is 1. The Morgan fingerprint density at radius 2 is 2.28 bits per heavy atom. The average molecular weight is 252 g/mol. The third-order valence-electron chi connectivity index (χ3n) is 2.67. The molecular formula is C13H20N2O3. The molecule has 0 heterocycles. The molecule has 1 atom stereocenters. The molecule has 4 N–H and O–H groups in total. The van der Waals surface area contributed by atoms with Gasteiger partial charge in [-0.1, -0.05) is 0 Å². The highest BCUT2D eigenvalue weighted by atomic mass is 16.5. The van der Waals surface area contributed by atoms with E-state index >= 15 is 0 Å². The van der Waals surface area contributed by atoms with E-state index in [4.69, 9.17) is 15.6 Å². The van der Waals surface area contributed by atoms with Crippen molar-refractivity contribution >= 4 is 11.6 Å². The van der Waals surface area contributed by atoms with Gasteiger partial charge in [-0.2, -0.15) is 0 Å². The number of amides is 1. The second-order valence-electron chi connectivity index (χ2n) is 4.20. The SMILES string of the molecule is COc1cc(C(=O)NC(C)CCCO)ccc1N. The third kappa shape index (κ3) is 3.92. The van der Waals surface area contributed by atoms with Crippen LogP contribution in [0.3, 0.4) is 0 Å². The van der Waals surface area contributed by atoms with Crippen molar-refractivity contribution in [3.8, 4) is 5.75 Å². The first-order chi connectivity index (χ1) is 8.58. The van der Waals surface area contributed by atoms with Crippen molar-refractivity contribution in [1.82, 2.24) is 5.32 Å². The number of methoxy groups -OCH3 is 1. The molecule has 0 aliphatic heterocycles. The normalized spacial score (nSPS) is 11.9. The van der Waals surface area contributed by atoms with Gasteiger partial charge in [0.05, 0.1) is 12.8 Å². The maximum atomic E-state index is 11.9. The van der Waals surface area contributed by atoms with Gasteiger partial charge in [0.1, 0.15) is 5.75 Å². The van der Waals surface area contributed by atoms with Gasteiger partial charge in [-0.25, -0.2) is 0 Å².